The van der Waals surface area contributed by atoms with Crippen LogP contribution in [0, 0.1) is 10.8 Å². The van der Waals surface area contributed by atoms with Crippen molar-refractivity contribution in [1.29, 1.82) is 0 Å². The molecule has 0 amide bonds. The smallest absolute Gasteiger partial charge is 0.0846 e. The van der Waals surface area contributed by atoms with Crippen molar-refractivity contribution in [3.05, 3.63) is 0 Å². The van der Waals surface area contributed by atoms with Crippen LogP contribution in [0.1, 0.15) is 27.7 Å². The first-order valence-electron chi connectivity index (χ1n) is 4.78. The molecule has 0 aromatic heterocycles. The summed E-state index contributed by atoms with van der Waals surface area (Å²) in [7, 11) is 0. The summed E-state index contributed by atoms with van der Waals surface area (Å²) < 4.78 is 0. The van der Waals surface area contributed by atoms with Crippen LogP contribution in [-0.2, 0) is 0 Å². The van der Waals surface area contributed by atoms with Gasteiger partial charge in [-0.2, -0.15) is 0 Å². The fraction of sp³-hybridized carbons (Fsp3) is 1.00. The van der Waals surface area contributed by atoms with E-state index in [1.54, 1.807) is 27.7 Å². The van der Waals surface area contributed by atoms with E-state index in [-0.39, 0.29) is 6.61 Å². The molecule has 4 nitrogen and oxygen atoms in total. The van der Waals surface area contributed by atoms with Gasteiger partial charge < -0.3 is 20.4 Å². The second kappa shape index (κ2) is 4.57. The van der Waals surface area contributed by atoms with E-state index < -0.39 is 29.6 Å². The molecule has 0 fully saturated rings. The maximum absolute atomic E-state index is 9.98. The molecule has 0 spiro atoms. The van der Waals surface area contributed by atoms with Crippen molar-refractivity contribution in [3.63, 3.8) is 0 Å². The lowest BCUT2D eigenvalue weighted by Crippen LogP contribution is -2.50. The van der Waals surface area contributed by atoms with Crippen LogP contribution in [0.2, 0.25) is 0 Å². The molecule has 0 radical (unpaired) electrons. The van der Waals surface area contributed by atoms with Crippen LogP contribution in [0.3, 0.4) is 0 Å². The number of hydrogen-bond donors (Lipinski definition) is 4. The molecular formula is C10H22O4. The molecule has 0 aromatic carbocycles. The Morgan fingerprint density at radius 3 is 1.71 bits per heavy atom. The summed E-state index contributed by atoms with van der Waals surface area (Å²) in [6, 6.07) is 0. The molecule has 0 bridgehead atoms. The van der Waals surface area contributed by atoms with Crippen LogP contribution in [0.15, 0.2) is 0 Å². The van der Waals surface area contributed by atoms with Crippen LogP contribution in [-0.4, -0.2) is 45.8 Å². The van der Waals surface area contributed by atoms with Gasteiger partial charge in [0, 0.05) is 10.8 Å². The van der Waals surface area contributed by atoms with Crippen molar-refractivity contribution in [2.24, 2.45) is 10.8 Å². The molecule has 4 N–H and O–H groups in total. The maximum atomic E-state index is 9.98. The Morgan fingerprint density at radius 2 is 1.43 bits per heavy atom. The first-order valence-corrected chi connectivity index (χ1v) is 4.78. The van der Waals surface area contributed by atoms with Crippen LogP contribution >= 0.6 is 0 Å². The van der Waals surface area contributed by atoms with Gasteiger partial charge in [-0.25, -0.2) is 0 Å². The second-order valence-corrected chi connectivity index (χ2v) is 5.07. The molecule has 0 heterocycles. The summed E-state index contributed by atoms with van der Waals surface area (Å²) in [6.07, 6.45) is -1.88. The van der Waals surface area contributed by atoms with Crippen LogP contribution in [0.5, 0.6) is 0 Å². The molecule has 0 saturated heterocycles. The fourth-order valence-corrected chi connectivity index (χ4v) is 1.51. The molecule has 0 aliphatic carbocycles. The minimum atomic E-state index is -0.997. The minimum absolute atomic E-state index is 0.171. The third-order valence-electron chi connectivity index (χ3n) is 2.88. The number of aliphatic hydroxyl groups is 4. The molecule has 0 rings (SSSR count). The summed E-state index contributed by atoms with van der Waals surface area (Å²) in [5.74, 6) is 0. The molecule has 0 aliphatic heterocycles. The molecule has 4 heteroatoms. The van der Waals surface area contributed by atoms with Gasteiger partial charge in [0.15, 0.2) is 0 Å². The van der Waals surface area contributed by atoms with E-state index in [4.69, 9.17) is 10.2 Å². The molecule has 0 aliphatic rings. The molecule has 14 heavy (non-hydrogen) atoms. The van der Waals surface area contributed by atoms with Crippen molar-refractivity contribution < 1.29 is 20.4 Å². The van der Waals surface area contributed by atoms with Gasteiger partial charge in [-0.15, -0.1) is 0 Å². The summed E-state index contributed by atoms with van der Waals surface area (Å²) >= 11 is 0. The second-order valence-electron chi connectivity index (χ2n) is 5.07. The van der Waals surface area contributed by atoms with E-state index >= 15 is 0 Å². The summed E-state index contributed by atoms with van der Waals surface area (Å²) in [5, 5.41) is 37.4. The zero-order valence-electron chi connectivity index (χ0n) is 9.36. The normalized spacial score (nSPS) is 18.0. The lowest BCUT2D eigenvalue weighted by Gasteiger charge is -2.42. The maximum Gasteiger partial charge on any atom is 0.0846 e. The molecular weight excluding hydrogens is 184 g/mol. The average molecular weight is 206 g/mol. The SMILES string of the molecule is CC(C)(CO)C(O)C(C)(C)C(O)CO. The monoisotopic (exact) mass is 206 g/mol. The standard InChI is InChI=1S/C10H22O4/c1-9(2,6-12)8(14)10(3,4)7(13)5-11/h7-8,11-14H,5-6H2,1-4H3. The van der Waals surface area contributed by atoms with Crippen molar-refractivity contribution in [1.82, 2.24) is 0 Å². The summed E-state index contributed by atoms with van der Waals surface area (Å²) in [5.41, 5.74) is -1.54. The van der Waals surface area contributed by atoms with Gasteiger partial charge in [-0.05, 0) is 0 Å². The quantitative estimate of drug-likeness (QED) is 0.500. The zero-order chi connectivity index (χ0) is 11.6. The first kappa shape index (κ1) is 13.8. The Hall–Kier alpha value is -0.160. The minimum Gasteiger partial charge on any atom is -0.396 e. The third-order valence-corrected chi connectivity index (χ3v) is 2.88. The highest BCUT2D eigenvalue weighted by Gasteiger charge is 2.43. The number of hydrogen-bond acceptors (Lipinski definition) is 4. The fourth-order valence-electron chi connectivity index (χ4n) is 1.51. The predicted octanol–water partition coefficient (Wildman–Crippen LogP) is -0.255. The van der Waals surface area contributed by atoms with E-state index in [9.17, 15) is 10.2 Å². The predicted molar refractivity (Wildman–Crippen MR) is 53.7 cm³/mol. The van der Waals surface area contributed by atoms with Gasteiger partial charge >= 0.3 is 0 Å². The van der Waals surface area contributed by atoms with Crippen molar-refractivity contribution in [2.75, 3.05) is 13.2 Å². The Bertz CT molecular complexity index is 177. The van der Waals surface area contributed by atoms with Crippen molar-refractivity contribution in [2.45, 2.75) is 39.9 Å². The third kappa shape index (κ3) is 2.67. The van der Waals surface area contributed by atoms with Crippen LogP contribution in [0.4, 0.5) is 0 Å². The van der Waals surface area contributed by atoms with Gasteiger partial charge in [0.2, 0.25) is 0 Å². The zero-order valence-corrected chi connectivity index (χ0v) is 9.36. The molecule has 86 valence electrons. The highest BCUT2D eigenvalue weighted by molar-refractivity contribution is 4.92. The van der Waals surface area contributed by atoms with Crippen LogP contribution in [0.25, 0.3) is 0 Å². The Kier molecular flexibility index (Phi) is 4.52. The number of aliphatic hydroxyl groups excluding tert-OH is 4. The van der Waals surface area contributed by atoms with Gasteiger partial charge in [0.1, 0.15) is 0 Å². The van der Waals surface area contributed by atoms with Crippen LogP contribution < -0.4 is 0 Å². The summed E-state index contributed by atoms with van der Waals surface area (Å²) in [6.45, 7) is 6.18. The highest BCUT2D eigenvalue weighted by atomic mass is 16.3. The molecule has 2 unspecified atom stereocenters. The lowest BCUT2D eigenvalue weighted by molar-refractivity contribution is -0.124. The molecule has 0 saturated carbocycles. The number of rotatable bonds is 5. The van der Waals surface area contributed by atoms with Gasteiger partial charge in [0.05, 0.1) is 25.4 Å². The Balaban J connectivity index is 4.73. The van der Waals surface area contributed by atoms with Crippen molar-refractivity contribution >= 4 is 0 Å². The topological polar surface area (TPSA) is 80.9 Å². The van der Waals surface area contributed by atoms with E-state index in [0.717, 1.165) is 0 Å². The Labute approximate surface area is 85.2 Å². The largest absolute Gasteiger partial charge is 0.396 e. The first-order chi connectivity index (χ1) is 6.20. The molecule has 0 aromatic rings. The highest BCUT2D eigenvalue weighted by Crippen LogP contribution is 2.36. The average Bonchev–Trinajstić information content (AvgIpc) is 2.15. The van der Waals surface area contributed by atoms with Gasteiger partial charge in [-0.1, -0.05) is 27.7 Å². The van der Waals surface area contributed by atoms with E-state index in [0.29, 0.717) is 0 Å². The van der Waals surface area contributed by atoms with E-state index in [1.807, 2.05) is 0 Å². The summed E-state index contributed by atoms with van der Waals surface area (Å²) in [4.78, 5) is 0. The van der Waals surface area contributed by atoms with E-state index in [2.05, 4.69) is 0 Å². The van der Waals surface area contributed by atoms with E-state index in [1.165, 1.54) is 0 Å². The Morgan fingerprint density at radius 1 is 1.00 bits per heavy atom. The lowest BCUT2D eigenvalue weighted by atomic mass is 9.69. The van der Waals surface area contributed by atoms with Gasteiger partial charge in [-0.3, -0.25) is 0 Å². The van der Waals surface area contributed by atoms with Gasteiger partial charge in [0.25, 0.3) is 0 Å². The van der Waals surface area contributed by atoms with Crippen molar-refractivity contribution in [3.8, 4) is 0 Å². The molecule has 2 atom stereocenters.